The minimum atomic E-state index is -3.56. The molecule has 3 atom stereocenters. The normalized spacial score (nSPS) is 15.2. The lowest BCUT2D eigenvalue weighted by Crippen LogP contribution is -2.38. The molecule has 0 aliphatic carbocycles. The molecule has 6 aromatic rings. The van der Waals surface area contributed by atoms with Gasteiger partial charge in [0.05, 0.1) is 19.8 Å². The van der Waals surface area contributed by atoms with E-state index in [1.807, 2.05) is 197 Å². The molecule has 0 saturated heterocycles. The van der Waals surface area contributed by atoms with Gasteiger partial charge in [0, 0.05) is 38.0 Å². The summed E-state index contributed by atoms with van der Waals surface area (Å²) in [5.41, 5.74) is 7.64. The van der Waals surface area contributed by atoms with E-state index >= 15 is 14.4 Å². The molecule has 6 aromatic carbocycles. The second-order valence-electron chi connectivity index (χ2n) is 17.6. The summed E-state index contributed by atoms with van der Waals surface area (Å²) >= 11 is 19.6. The maximum absolute atomic E-state index is 15.1. The third-order valence-electron chi connectivity index (χ3n) is 12.2. The van der Waals surface area contributed by atoms with E-state index in [1.165, 1.54) is 0 Å². The van der Waals surface area contributed by atoms with Crippen molar-refractivity contribution in [2.45, 2.75) is 75.7 Å². The summed E-state index contributed by atoms with van der Waals surface area (Å²) in [4.78, 5) is 45.4. The van der Waals surface area contributed by atoms with Gasteiger partial charge < -0.3 is 13.6 Å². The van der Waals surface area contributed by atoms with E-state index in [4.69, 9.17) is 49.0 Å². The van der Waals surface area contributed by atoms with Crippen LogP contribution >= 0.6 is 18.8 Å². The average molecular weight is 993 g/mol. The number of aryl methyl sites for hydroxylation is 9. The Morgan fingerprint density at radius 1 is 0.409 bits per heavy atom. The Labute approximate surface area is 407 Å². The minimum absolute atomic E-state index is 0.132. The summed E-state index contributed by atoms with van der Waals surface area (Å²) in [6.07, 6.45) is -10.3. The highest BCUT2D eigenvalue weighted by atomic mass is 32.5. The van der Waals surface area contributed by atoms with E-state index < -0.39 is 24.2 Å². The first-order chi connectivity index (χ1) is 31.2. The Balaban J connectivity index is 1.51. The molecule has 0 N–H and O–H groups in total. The van der Waals surface area contributed by atoms with Crippen molar-refractivity contribution in [2.75, 3.05) is 19.8 Å². The van der Waals surface area contributed by atoms with Gasteiger partial charge in [-0.05, 0) is 102 Å². The van der Waals surface area contributed by atoms with Gasteiger partial charge in [0.1, 0.15) is 0 Å². The average Bonchev–Trinajstić information content (AvgIpc) is 3.28. The van der Waals surface area contributed by atoms with Gasteiger partial charge in [0.25, 0.3) is 0 Å². The summed E-state index contributed by atoms with van der Waals surface area (Å²) in [6, 6.07) is 39.8. The summed E-state index contributed by atoms with van der Waals surface area (Å²) in [5, 5.41) is 1.79. The van der Waals surface area contributed by atoms with Crippen molar-refractivity contribution in [3.63, 3.8) is 0 Å². The van der Waals surface area contributed by atoms with Crippen molar-refractivity contribution < 1.29 is 28.0 Å². The highest BCUT2D eigenvalue weighted by molar-refractivity contribution is 8.25. The smallest absolute Gasteiger partial charge is 0.224 e. The maximum Gasteiger partial charge on any atom is 0.224 e. The zero-order chi connectivity index (χ0) is 48.2. The molecule has 3 unspecified atom stereocenters. The van der Waals surface area contributed by atoms with Crippen LogP contribution in [0.4, 0.5) is 0 Å². The van der Waals surface area contributed by atoms with Crippen LogP contribution in [0.5, 0.6) is 0 Å². The summed E-state index contributed by atoms with van der Waals surface area (Å²) < 4.78 is 21.2. The molecule has 0 saturated carbocycles. The number of hydrogen-bond acceptors (Lipinski definition) is 9. The summed E-state index contributed by atoms with van der Waals surface area (Å²) in [5.74, 6) is 0. The zero-order valence-electron chi connectivity index (χ0n) is 39.5. The van der Waals surface area contributed by atoms with Crippen LogP contribution in [-0.2, 0) is 49.0 Å². The Bertz CT molecular complexity index is 2570. The lowest BCUT2D eigenvalue weighted by atomic mass is 9.88. The molecule has 6 nitrogen and oxygen atoms in total. The molecule has 0 heterocycles. The van der Waals surface area contributed by atoms with Gasteiger partial charge in [-0.3, -0.25) is 14.4 Å². The Hall–Kier alpha value is -3.84. The molecule has 0 radical (unpaired) electrons. The Morgan fingerprint density at radius 3 is 0.818 bits per heavy atom. The fraction of sp³-hybridized carbons (Fsp3) is 0.278. The van der Waals surface area contributed by atoms with Gasteiger partial charge in [-0.1, -0.05) is 186 Å². The third-order valence-corrected chi connectivity index (χ3v) is 23.2. The maximum atomic E-state index is 15.1. The van der Waals surface area contributed by atoms with Crippen LogP contribution in [-0.4, -0.2) is 36.4 Å². The Morgan fingerprint density at radius 2 is 0.621 bits per heavy atom. The SMILES string of the molecule is CCC(COP(=S)(C(=O)c1c(C)cc(C)cc1C)c1ccccc1)(COP(=S)(C(=O)c1c(C)cc(C)cc1C)c1ccccc1)COP(=S)(C(=O)c1c(C)cc(C)cc1C)c1ccccc1. The minimum Gasteiger partial charge on any atom is -0.339 e. The van der Waals surface area contributed by atoms with Crippen LogP contribution in [0, 0.1) is 67.7 Å². The molecule has 12 heteroatoms. The van der Waals surface area contributed by atoms with Gasteiger partial charge in [0.2, 0.25) is 16.6 Å². The van der Waals surface area contributed by atoms with Crippen molar-refractivity contribution >= 4 is 86.7 Å². The van der Waals surface area contributed by atoms with E-state index in [0.29, 0.717) is 39.0 Å². The van der Waals surface area contributed by atoms with Crippen LogP contribution in [0.1, 0.15) is 94.5 Å². The molecule has 0 spiro atoms. The van der Waals surface area contributed by atoms with Crippen molar-refractivity contribution in [3.8, 4) is 0 Å². The van der Waals surface area contributed by atoms with Crippen molar-refractivity contribution in [1.82, 2.24) is 0 Å². The molecule has 0 aromatic heterocycles. The molecule has 6 rings (SSSR count). The van der Waals surface area contributed by atoms with Crippen LogP contribution < -0.4 is 15.9 Å². The first-order valence-electron chi connectivity index (χ1n) is 22.0. The standard InChI is InChI=1S/C54H59O6P3S3/c1-11-54(33-58-61(64,45-21-15-12-16-22-45)51(55)48-39(5)27-36(2)28-40(48)6,34-59-62(65,46-23-17-13-18-24-46)52(56)49-41(7)29-37(3)30-42(49)8)35-60-63(66,47-25-19-14-20-26-47)53(57)50-43(9)31-38(4)32-44(50)10/h12-32H,11,33-35H2,1-10H3. The van der Waals surface area contributed by atoms with Crippen molar-refractivity contribution in [3.05, 3.63) is 194 Å². The number of carbonyl (C=O) groups is 3. The van der Waals surface area contributed by atoms with Crippen LogP contribution in [0.3, 0.4) is 0 Å². The zero-order valence-corrected chi connectivity index (χ0v) is 44.6. The molecular formula is C54H59O6P3S3. The molecule has 0 amide bonds. The predicted molar refractivity (Wildman–Crippen MR) is 287 cm³/mol. The predicted octanol–water partition coefficient (Wildman–Crippen LogP) is 12.9. The van der Waals surface area contributed by atoms with Crippen molar-refractivity contribution in [2.24, 2.45) is 5.41 Å². The third kappa shape index (κ3) is 10.7. The fourth-order valence-corrected chi connectivity index (χ4v) is 17.6. The fourth-order valence-electron chi connectivity index (χ4n) is 8.73. The van der Waals surface area contributed by atoms with Gasteiger partial charge in [0.15, 0.2) is 18.8 Å². The van der Waals surface area contributed by atoms with Crippen molar-refractivity contribution in [1.29, 1.82) is 0 Å². The van der Waals surface area contributed by atoms with Crippen LogP contribution in [0.15, 0.2) is 127 Å². The number of hydrogen-bond donors (Lipinski definition) is 0. The summed E-state index contributed by atoms with van der Waals surface area (Å²) in [6.45, 7) is 19.1. The monoisotopic (exact) mass is 992 g/mol. The number of benzene rings is 6. The largest absolute Gasteiger partial charge is 0.339 e. The van der Waals surface area contributed by atoms with Gasteiger partial charge in [-0.25, -0.2) is 0 Å². The van der Waals surface area contributed by atoms with E-state index in [2.05, 4.69) is 0 Å². The highest BCUT2D eigenvalue weighted by Crippen LogP contribution is 2.57. The lowest BCUT2D eigenvalue weighted by molar-refractivity contribution is 0.0413. The Kier molecular flexibility index (Phi) is 16.6. The lowest BCUT2D eigenvalue weighted by Gasteiger charge is -2.38. The second kappa shape index (κ2) is 21.2. The quantitative estimate of drug-likeness (QED) is 0.0737. The van der Waals surface area contributed by atoms with E-state index in [1.54, 1.807) is 0 Å². The molecule has 0 aliphatic rings. The summed E-state index contributed by atoms with van der Waals surface area (Å²) in [7, 11) is 0. The van der Waals surface area contributed by atoms with Gasteiger partial charge in [-0.2, -0.15) is 0 Å². The first kappa shape index (κ1) is 51.5. The molecule has 0 aliphatic heterocycles. The van der Waals surface area contributed by atoms with E-state index in [0.717, 1.165) is 50.1 Å². The molecule has 0 fully saturated rings. The number of carbonyl (C=O) groups excluding carboxylic acids is 3. The topological polar surface area (TPSA) is 78.9 Å². The molecule has 344 valence electrons. The first-order valence-corrected chi connectivity index (χ1v) is 30.1. The van der Waals surface area contributed by atoms with Crippen LogP contribution in [0.25, 0.3) is 0 Å². The molecule has 0 bridgehead atoms. The molecular weight excluding hydrogens is 934 g/mol. The second-order valence-corrected chi connectivity index (χ2v) is 29.1. The van der Waals surface area contributed by atoms with Gasteiger partial charge in [-0.15, -0.1) is 0 Å². The van der Waals surface area contributed by atoms with Gasteiger partial charge >= 0.3 is 0 Å². The number of rotatable bonds is 19. The molecule has 66 heavy (non-hydrogen) atoms. The van der Waals surface area contributed by atoms with E-state index in [9.17, 15) is 0 Å². The highest BCUT2D eigenvalue weighted by Gasteiger charge is 2.43. The van der Waals surface area contributed by atoms with E-state index in [-0.39, 0.29) is 36.4 Å². The van der Waals surface area contributed by atoms with Crippen LogP contribution in [0.2, 0.25) is 0 Å².